The molecule has 12 nitrogen and oxygen atoms in total. The molecule has 1 saturated heterocycles. The molecule has 2 aromatic carbocycles. The Morgan fingerprint density at radius 1 is 1.12 bits per heavy atom. The van der Waals surface area contributed by atoms with Crippen molar-refractivity contribution in [3.63, 3.8) is 0 Å². The van der Waals surface area contributed by atoms with Crippen LogP contribution in [0, 0.1) is 0 Å². The first-order chi connectivity index (χ1) is 19.2. The third-order valence-electron chi connectivity index (χ3n) is 6.30. The maximum atomic E-state index is 11.7. The van der Waals surface area contributed by atoms with E-state index in [2.05, 4.69) is 46.5 Å². The van der Waals surface area contributed by atoms with E-state index in [1.54, 1.807) is 42.3 Å². The van der Waals surface area contributed by atoms with E-state index in [1.807, 2.05) is 31.6 Å². The van der Waals surface area contributed by atoms with Gasteiger partial charge in [0.05, 0.1) is 42.4 Å². The predicted molar refractivity (Wildman–Crippen MR) is 158 cm³/mol. The molecule has 1 aliphatic heterocycles. The molecule has 1 fully saturated rings. The van der Waals surface area contributed by atoms with Crippen molar-refractivity contribution in [3.8, 4) is 16.9 Å². The molecule has 1 aliphatic rings. The summed E-state index contributed by atoms with van der Waals surface area (Å²) in [6.07, 6.45) is 5.40. The minimum Gasteiger partial charge on any atom is -0.494 e. The zero-order valence-electron chi connectivity index (χ0n) is 22.0. The summed E-state index contributed by atoms with van der Waals surface area (Å²) in [6, 6.07) is 11.0. The standard InChI is InChI=1S/C26H29BrN8O4S/c1-34-15-18(13-30-34)19-11-22(24(38-2)12-23(19)35-7-9-39-10-8-35)32-26-29-14-20(27)25(33-26)31-21-6-4-3-5-17(21)16-40(28,36)37/h3-6,11-15H,7-10,16H2,1-2H3,(H2,28,36,37)(H2,29,31,32,33). The normalized spacial score (nSPS) is 13.8. The second-order valence-corrected chi connectivity index (χ2v) is 11.6. The van der Waals surface area contributed by atoms with Crippen LogP contribution in [0.25, 0.3) is 11.1 Å². The van der Waals surface area contributed by atoms with E-state index >= 15 is 0 Å². The van der Waals surface area contributed by atoms with E-state index in [0.717, 1.165) is 29.9 Å². The molecule has 4 aromatic rings. The molecule has 4 N–H and O–H groups in total. The Morgan fingerprint density at radius 2 is 1.90 bits per heavy atom. The number of nitrogens with zero attached hydrogens (tertiary/aromatic N) is 5. The van der Waals surface area contributed by atoms with Gasteiger partial charge < -0.3 is 25.0 Å². The molecular weight excluding hydrogens is 600 g/mol. The van der Waals surface area contributed by atoms with Gasteiger partial charge in [0.1, 0.15) is 11.6 Å². The van der Waals surface area contributed by atoms with Crippen LogP contribution in [0.1, 0.15) is 5.56 Å². The first kappa shape index (κ1) is 27.8. The highest BCUT2D eigenvalue weighted by Crippen LogP contribution is 2.40. The molecule has 2 aromatic heterocycles. The number of anilines is 5. The summed E-state index contributed by atoms with van der Waals surface area (Å²) in [5.74, 6) is 1.06. The van der Waals surface area contributed by atoms with E-state index in [4.69, 9.17) is 14.6 Å². The van der Waals surface area contributed by atoms with Crippen molar-refractivity contribution in [1.82, 2.24) is 19.7 Å². The predicted octanol–water partition coefficient (Wildman–Crippen LogP) is 3.76. The molecule has 3 heterocycles. The van der Waals surface area contributed by atoms with Gasteiger partial charge in [0.15, 0.2) is 0 Å². The molecule has 0 bridgehead atoms. The third kappa shape index (κ3) is 6.53. The number of rotatable bonds is 9. The van der Waals surface area contributed by atoms with E-state index in [-0.39, 0.29) is 5.75 Å². The molecule has 0 amide bonds. The summed E-state index contributed by atoms with van der Waals surface area (Å²) in [5.41, 5.74) is 4.70. The number of ether oxygens (including phenoxy) is 2. The number of halogens is 1. The van der Waals surface area contributed by atoms with Crippen LogP contribution in [0.15, 0.2) is 59.5 Å². The van der Waals surface area contributed by atoms with Gasteiger partial charge in [-0.3, -0.25) is 4.68 Å². The summed E-state index contributed by atoms with van der Waals surface area (Å²) >= 11 is 3.48. The van der Waals surface area contributed by atoms with Gasteiger partial charge in [-0.2, -0.15) is 10.1 Å². The van der Waals surface area contributed by atoms with Crippen molar-refractivity contribution in [2.45, 2.75) is 5.75 Å². The van der Waals surface area contributed by atoms with Crippen molar-refractivity contribution in [2.75, 3.05) is 48.9 Å². The van der Waals surface area contributed by atoms with E-state index in [9.17, 15) is 8.42 Å². The average Bonchev–Trinajstić information content (AvgIpc) is 3.37. The van der Waals surface area contributed by atoms with Crippen LogP contribution in [0.2, 0.25) is 0 Å². The van der Waals surface area contributed by atoms with Gasteiger partial charge in [0.2, 0.25) is 16.0 Å². The Bertz CT molecular complexity index is 1620. The number of benzene rings is 2. The van der Waals surface area contributed by atoms with Crippen LogP contribution < -0.4 is 25.4 Å². The molecule has 210 valence electrons. The minimum atomic E-state index is -3.72. The lowest BCUT2D eigenvalue weighted by molar-refractivity contribution is 0.122. The zero-order chi connectivity index (χ0) is 28.3. The first-order valence-corrected chi connectivity index (χ1v) is 14.9. The first-order valence-electron chi connectivity index (χ1n) is 12.4. The molecule has 0 saturated carbocycles. The number of morpholine rings is 1. The SMILES string of the molecule is COc1cc(N2CCOCC2)c(-c2cnn(C)c2)cc1Nc1ncc(Br)c(Nc2ccccc2CS(N)(=O)=O)n1. The van der Waals surface area contributed by atoms with Crippen LogP contribution in [-0.4, -0.2) is 61.6 Å². The number of aromatic nitrogens is 4. The molecule has 0 aliphatic carbocycles. The Balaban J connectivity index is 1.49. The fraction of sp³-hybridized carbons (Fsp3) is 0.269. The lowest BCUT2D eigenvalue weighted by atomic mass is 10.0. The van der Waals surface area contributed by atoms with Crippen molar-refractivity contribution >= 4 is 54.8 Å². The van der Waals surface area contributed by atoms with Gasteiger partial charge in [-0.1, -0.05) is 18.2 Å². The highest BCUT2D eigenvalue weighted by molar-refractivity contribution is 9.10. The Morgan fingerprint density at radius 3 is 2.60 bits per heavy atom. The highest BCUT2D eigenvalue weighted by Gasteiger charge is 2.21. The van der Waals surface area contributed by atoms with Gasteiger partial charge in [0.25, 0.3) is 0 Å². The molecule has 5 rings (SSSR count). The molecular formula is C26H29BrN8O4S. The van der Waals surface area contributed by atoms with Crippen LogP contribution in [0.3, 0.4) is 0 Å². The second-order valence-electron chi connectivity index (χ2n) is 9.18. The van der Waals surface area contributed by atoms with E-state index < -0.39 is 10.0 Å². The lowest BCUT2D eigenvalue weighted by Crippen LogP contribution is -2.36. The summed E-state index contributed by atoms with van der Waals surface area (Å²) in [6.45, 7) is 2.83. The number of hydrogen-bond acceptors (Lipinski definition) is 10. The maximum Gasteiger partial charge on any atom is 0.229 e. The molecule has 0 atom stereocenters. The molecule has 0 spiro atoms. The van der Waals surface area contributed by atoms with Crippen molar-refractivity contribution in [1.29, 1.82) is 0 Å². The second kappa shape index (κ2) is 11.8. The largest absolute Gasteiger partial charge is 0.494 e. The van der Waals surface area contributed by atoms with E-state index in [1.165, 1.54) is 0 Å². The molecule has 40 heavy (non-hydrogen) atoms. The van der Waals surface area contributed by atoms with Gasteiger partial charge in [-0.15, -0.1) is 0 Å². The Hall–Kier alpha value is -3.72. The average molecular weight is 630 g/mol. The quantitative estimate of drug-likeness (QED) is 0.250. The summed E-state index contributed by atoms with van der Waals surface area (Å²) in [7, 11) is -0.226. The van der Waals surface area contributed by atoms with Crippen molar-refractivity contribution in [2.24, 2.45) is 12.2 Å². The van der Waals surface area contributed by atoms with Crippen LogP contribution in [-0.2, 0) is 27.6 Å². The number of aryl methyl sites for hydroxylation is 1. The fourth-order valence-corrected chi connectivity index (χ4v) is 5.42. The number of sulfonamides is 1. The number of para-hydroxylation sites is 1. The van der Waals surface area contributed by atoms with Crippen LogP contribution in [0.4, 0.5) is 28.8 Å². The van der Waals surface area contributed by atoms with E-state index in [0.29, 0.717) is 52.1 Å². The van der Waals surface area contributed by atoms with Gasteiger partial charge in [-0.25, -0.2) is 18.5 Å². The smallest absolute Gasteiger partial charge is 0.229 e. The Labute approximate surface area is 240 Å². The molecule has 14 heteroatoms. The maximum absolute atomic E-state index is 11.7. The van der Waals surface area contributed by atoms with Crippen LogP contribution >= 0.6 is 15.9 Å². The van der Waals surface area contributed by atoms with Crippen molar-refractivity contribution < 1.29 is 17.9 Å². The molecule has 0 radical (unpaired) electrons. The topological polar surface area (TPSA) is 150 Å². The van der Waals surface area contributed by atoms with Gasteiger partial charge in [-0.05, 0) is 33.6 Å². The lowest BCUT2D eigenvalue weighted by Gasteiger charge is -2.31. The summed E-state index contributed by atoms with van der Waals surface area (Å²) in [5, 5.41) is 16.1. The summed E-state index contributed by atoms with van der Waals surface area (Å²) < 4.78 is 37.1. The van der Waals surface area contributed by atoms with Crippen molar-refractivity contribution in [3.05, 3.63) is 65.0 Å². The number of methoxy groups -OCH3 is 1. The Kier molecular flexibility index (Phi) is 8.21. The minimum absolute atomic E-state index is 0.309. The summed E-state index contributed by atoms with van der Waals surface area (Å²) in [4.78, 5) is 11.3. The monoisotopic (exact) mass is 628 g/mol. The van der Waals surface area contributed by atoms with Crippen LogP contribution in [0.5, 0.6) is 5.75 Å². The third-order valence-corrected chi connectivity index (χ3v) is 7.60. The highest BCUT2D eigenvalue weighted by atomic mass is 79.9. The number of nitrogens with two attached hydrogens (primary N) is 1. The van der Waals surface area contributed by atoms with Gasteiger partial charge in [0, 0.05) is 61.1 Å². The number of primary sulfonamides is 1. The fourth-order valence-electron chi connectivity index (χ4n) is 4.44. The molecule has 0 unspecified atom stereocenters. The van der Waals surface area contributed by atoms with Gasteiger partial charge >= 0.3 is 0 Å². The number of hydrogen-bond donors (Lipinski definition) is 3. The zero-order valence-corrected chi connectivity index (χ0v) is 24.4. The number of nitrogens with one attached hydrogen (secondary N) is 2.